The van der Waals surface area contributed by atoms with Gasteiger partial charge in [0, 0.05) is 56.8 Å². The smallest absolute Gasteiger partial charge is 0.0644 e. The van der Waals surface area contributed by atoms with Crippen LogP contribution >= 0.6 is 11.6 Å². The molecule has 1 fully saturated rings. The van der Waals surface area contributed by atoms with Crippen LogP contribution < -0.4 is 9.80 Å². The number of piperidine rings is 1. The molecule has 3 heterocycles. The molecule has 0 aliphatic carbocycles. The molecule has 3 aliphatic rings. The molecule has 26 heavy (non-hydrogen) atoms. The van der Waals surface area contributed by atoms with E-state index in [0.29, 0.717) is 12.0 Å². The van der Waals surface area contributed by atoms with E-state index < -0.39 is 0 Å². The fourth-order valence-corrected chi connectivity index (χ4v) is 5.39. The summed E-state index contributed by atoms with van der Waals surface area (Å²) in [4.78, 5) is 7.77. The highest BCUT2D eigenvalue weighted by molar-refractivity contribution is 6.31. The highest BCUT2D eigenvalue weighted by atomic mass is 35.5. The van der Waals surface area contributed by atoms with E-state index in [1.165, 1.54) is 43.0 Å². The second kappa shape index (κ2) is 6.47. The van der Waals surface area contributed by atoms with Crippen molar-refractivity contribution in [1.29, 1.82) is 0 Å². The Balaban J connectivity index is 1.35. The van der Waals surface area contributed by atoms with Gasteiger partial charge in [-0.3, -0.25) is 0 Å². The van der Waals surface area contributed by atoms with Gasteiger partial charge in [-0.05, 0) is 36.1 Å². The summed E-state index contributed by atoms with van der Waals surface area (Å²) >= 11 is 6.34. The summed E-state index contributed by atoms with van der Waals surface area (Å²) in [5.74, 6) is 0.649. The Hall–Kier alpha value is -1.71. The van der Waals surface area contributed by atoms with Crippen LogP contribution in [0.5, 0.6) is 0 Å². The molecule has 0 saturated carbocycles. The maximum Gasteiger partial charge on any atom is 0.0644 e. The summed E-state index contributed by atoms with van der Waals surface area (Å²) in [6.45, 7) is 5.77. The summed E-state index contributed by atoms with van der Waals surface area (Å²) < 4.78 is 0. The Bertz CT molecular complexity index is 821. The van der Waals surface area contributed by atoms with Gasteiger partial charge in [-0.1, -0.05) is 41.9 Å². The van der Waals surface area contributed by atoms with Crippen LogP contribution in [-0.2, 0) is 6.42 Å². The molecule has 0 bridgehead atoms. The van der Waals surface area contributed by atoms with Gasteiger partial charge in [0.25, 0.3) is 0 Å². The molecular weight excluding hydrogens is 342 g/mol. The van der Waals surface area contributed by atoms with E-state index in [-0.39, 0.29) is 0 Å². The van der Waals surface area contributed by atoms with Gasteiger partial charge in [-0.25, -0.2) is 0 Å². The first-order valence-corrected chi connectivity index (χ1v) is 10.2. The fourth-order valence-electron chi connectivity index (χ4n) is 5.16. The minimum absolute atomic E-state index is 0.649. The third-order valence-electron chi connectivity index (χ3n) is 6.54. The van der Waals surface area contributed by atoms with Crippen LogP contribution in [0.15, 0.2) is 42.5 Å². The standard InChI is InChI=1S/C22H26ClN3/c1-24-13-14-26-20-10-12-25(11-9-16-5-2-3-7-19(16)23)15-18(20)17-6-4-8-21(24)22(17)26/h2-8,18,20H,9-15H2,1H3. The molecule has 2 aromatic rings. The van der Waals surface area contributed by atoms with Gasteiger partial charge in [-0.15, -0.1) is 0 Å². The van der Waals surface area contributed by atoms with Crippen LogP contribution in [0, 0.1) is 0 Å². The zero-order valence-electron chi connectivity index (χ0n) is 15.4. The van der Waals surface area contributed by atoms with Crippen LogP contribution in [0.4, 0.5) is 11.4 Å². The number of benzene rings is 2. The lowest BCUT2D eigenvalue weighted by atomic mass is 9.89. The predicted octanol–water partition coefficient (Wildman–Crippen LogP) is 4.01. The van der Waals surface area contributed by atoms with Crippen molar-refractivity contribution in [3.63, 3.8) is 0 Å². The maximum absolute atomic E-state index is 6.34. The summed E-state index contributed by atoms with van der Waals surface area (Å²) in [7, 11) is 2.23. The molecule has 136 valence electrons. The van der Waals surface area contributed by atoms with Gasteiger partial charge in [-0.2, -0.15) is 0 Å². The van der Waals surface area contributed by atoms with Crippen molar-refractivity contribution in [2.24, 2.45) is 0 Å². The highest BCUT2D eigenvalue weighted by Gasteiger charge is 2.44. The molecule has 0 spiro atoms. The van der Waals surface area contributed by atoms with Gasteiger partial charge in [0.1, 0.15) is 0 Å². The van der Waals surface area contributed by atoms with Crippen molar-refractivity contribution in [2.45, 2.75) is 24.8 Å². The lowest BCUT2D eigenvalue weighted by Gasteiger charge is -2.41. The molecular formula is C22H26ClN3. The van der Waals surface area contributed by atoms with Crippen molar-refractivity contribution < 1.29 is 0 Å². The van der Waals surface area contributed by atoms with Crippen molar-refractivity contribution in [3.05, 3.63) is 58.6 Å². The number of anilines is 2. The van der Waals surface area contributed by atoms with Crippen molar-refractivity contribution >= 4 is 23.0 Å². The molecule has 2 atom stereocenters. The van der Waals surface area contributed by atoms with Crippen LogP contribution in [0.2, 0.25) is 5.02 Å². The monoisotopic (exact) mass is 367 g/mol. The molecule has 1 saturated heterocycles. The summed E-state index contributed by atoms with van der Waals surface area (Å²) in [6, 6.07) is 15.9. The predicted molar refractivity (Wildman–Crippen MR) is 110 cm³/mol. The van der Waals surface area contributed by atoms with Crippen LogP contribution in [0.3, 0.4) is 0 Å². The second-order valence-electron chi connectivity index (χ2n) is 7.93. The second-order valence-corrected chi connectivity index (χ2v) is 8.34. The number of para-hydroxylation sites is 1. The minimum Gasteiger partial charge on any atom is -0.371 e. The molecule has 2 unspecified atom stereocenters. The Morgan fingerprint density at radius 3 is 2.81 bits per heavy atom. The Kier molecular flexibility index (Phi) is 4.10. The molecule has 0 radical (unpaired) electrons. The van der Waals surface area contributed by atoms with Crippen LogP contribution in [0.25, 0.3) is 0 Å². The number of fused-ring (bicyclic) bond motifs is 3. The molecule has 0 aromatic heterocycles. The van der Waals surface area contributed by atoms with E-state index in [0.717, 1.165) is 24.5 Å². The average molecular weight is 368 g/mol. The number of hydrogen-bond donors (Lipinski definition) is 0. The molecule has 3 aliphatic heterocycles. The topological polar surface area (TPSA) is 9.72 Å². The number of nitrogens with zero attached hydrogens (tertiary/aromatic N) is 3. The molecule has 0 amide bonds. The first-order valence-electron chi connectivity index (χ1n) is 9.79. The van der Waals surface area contributed by atoms with E-state index in [9.17, 15) is 0 Å². The molecule has 3 nitrogen and oxygen atoms in total. The first kappa shape index (κ1) is 16.5. The molecule has 2 aromatic carbocycles. The fraction of sp³-hybridized carbons (Fsp3) is 0.455. The van der Waals surface area contributed by atoms with Gasteiger partial charge in [0.15, 0.2) is 0 Å². The number of halogens is 1. The first-order chi connectivity index (χ1) is 12.7. The van der Waals surface area contributed by atoms with E-state index in [1.807, 2.05) is 12.1 Å². The van der Waals surface area contributed by atoms with Crippen LogP contribution in [0.1, 0.15) is 23.5 Å². The summed E-state index contributed by atoms with van der Waals surface area (Å²) in [5, 5.41) is 0.901. The zero-order chi connectivity index (χ0) is 17.7. The van der Waals surface area contributed by atoms with Gasteiger partial charge in [0.2, 0.25) is 0 Å². The van der Waals surface area contributed by atoms with E-state index in [2.05, 4.69) is 52.1 Å². The van der Waals surface area contributed by atoms with E-state index in [1.54, 1.807) is 5.56 Å². The number of rotatable bonds is 3. The molecule has 4 heteroatoms. The number of likely N-dealkylation sites (N-methyl/N-ethyl adjacent to an activating group) is 1. The van der Waals surface area contributed by atoms with Gasteiger partial charge < -0.3 is 14.7 Å². The summed E-state index contributed by atoms with van der Waals surface area (Å²) in [5.41, 5.74) is 5.78. The summed E-state index contributed by atoms with van der Waals surface area (Å²) in [6.07, 6.45) is 2.31. The average Bonchev–Trinajstić information content (AvgIpc) is 2.99. The van der Waals surface area contributed by atoms with Crippen molar-refractivity contribution in [3.8, 4) is 0 Å². The van der Waals surface area contributed by atoms with Gasteiger partial charge in [0.05, 0.1) is 11.4 Å². The minimum atomic E-state index is 0.649. The van der Waals surface area contributed by atoms with E-state index >= 15 is 0 Å². The maximum atomic E-state index is 6.34. The van der Waals surface area contributed by atoms with Gasteiger partial charge >= 0.3 is 0 Å². The molecule has 0 N–H and O–H groups in total. The van der Waals surface area contributed by atoms with Crippen molar-refractivity contribution in [2.75, 3.05) is 49.6 Å². The Morgan fingerprint density at radius 1 is 1.04 bits per heavy atom. The zero-order valence-corrected chi connectivity index (χ0v) is 16.1. The largest absolute Gasteiger partial charge is 0.371 e. The number of likely N-dealkylation sites (tertiary alicyclic amines) is 1. The lowest BCUT2D eigenvalue weighted by molar-refractivity contribution is 0.195. The van der Waals surface area contributed by atoms with E-state index in [4.69, 9.17) is 11.6 Å². The third-order valence-corrected chi connectivity index (χ3v) is 6.90. The Labute approximate surface area is 161 Å². The normalized spacial score (nSPS) is 24.5. The van der Waals surface area contributed by atoms with Crippen LogP contribution in [-0.4, -0.2) is 50.7 Å². The lowest BCUT2D eigenvalue weighted by Crippen LogP contribution is -2.49. The highest BCUT2D eigenvalue weighted by Crippen LogP contribution is 2.50. The SMILES string of the molecule is CN1CCN2c3c(cccc31)C1CN(CCc3ccccc3Cl)CCC12. The number of hydrogen-bond acceptors (Lipinski definition) is 3. The quantitative estimate of drug-likeness (QED) is 0.811. The third kappa shape index (κ3) is 2.60. The Morgan fingerprint density at radius 2 is 1.92 bits per heavy atom. The van der Waals surface area contributed by atoms with Crippen molar-refractivity contribution in [1.82, 2.24) is 4.90 Å². The molecule has 5 rings (SSSR count).